The first-order valence-corrected chi connectivity index (χ1v) is 7.35. The fourth-order valence-corrected chi connectivity index (χ4v) is 2.93. The fraction of sp³-hybridized carbons (Fsp3) is 0.688. The molecule has 0 saturated heterocycles. The summed E-state index contributed by atoms with van der Waals surface area (Å²) in [5.41, 5.74) is 2.22. The Bertz CT molecular complexity index is 322. The summed E-state index contributed by atoms with van der Waals surface area (Å²) in [6.07, 6.45) is 13.6. The molecule has 1 saturated carbocycles. The Morgan fingerprint density at radius 2 is 1.72 bits per heavy atom. The van der Waals surface area contributed by atoms with E-state index in [1.807, 2.05) is 0 Å². The van der Waals surface area contributed by atoms with Crippen molar-refractivity contribution in [3.05, 3.63) is 24.8 Å². The van der Waals surface area contributed by atoms with Crippen LogP contribution >= 0.6 is 0 Å². The van der Waals surface area contributed by atoms with E-state index >= 15 is 0 Å². The second-order valence-corrected chi connectivity index (χ2v) is 5.56. The average molecular weight is 247 g/mol. The molecular weight excluding hydrogens is 222 g/mol. The van der Waals surface area contributed by atoms with Crippen molar-refractivity contribution in [3.63, 3.8) is 0 Å². The van der Waals surface area contributed by atoms with Gasteiger partial charge in [0.2, 0.25) is 0 Å². The van der Waals surface area contributed by atoms with E-state index in [2.05, 4.69) is 18.3 Å². The Labute approximate surface area is 111 Å². The normalized spacial score (nSPS) is 26.4. The number of nitrogens with zero attached hydrogens (tertiary/aromatic N) is 1. The smallest absolute Gasteiger partial charge is 0.157 e. The van der Waals surface area contributed by atoms with E-state index < -0.39 is 0 Å². The van der Waals surface area contributed by atoms with Crippen LogP contribution in [0, 0.1) is 5.92 Å². The summed E-state index contributed by atoms with van der Waals surface area (Å²) in [6, 6.07) is 0. The Balaban J connectivity index is 1.89. The first-order chi connectivity index (χ1) is 8.81. The standard InChI is InChI=1S/C16H25NO/c1-3-13(2)16-12-15(17-18-16)14-10-8-6-4-5-7-9-11-14/h3,14,16H,1-2,4-12H2. The lowest BCUT2D eigenvalue weighted by molar-refractivity contribution is 0.114. The van der Waals surface area contributed by atoms with Crippen molar-refractivity contribution in [1.29, 1.82) is 0 Å². The molecule has 2 heteroatoms. The van der Waals surface area contributed by atoms with Gasteiger partial charge in [-0.25, -0.2) is 0 Å². The van der Waals surface area contributed by atoms with Gasteiger partial charge in [0.05, 0.1) is 5.71 Å². The lowest BCUT2D eigenvalue weighted by Crippen LogP contribution is -2.16. The highest BCUT2D eigenvalue weighted by Crippen LogP contribution is 2.29. The molecule has 1 atom stereocenters. The summed E-state index contributed by atoms with van der Waals surface area (Å²) in [7, 11) is 0. The van der Waals surface area contributed by atoms with E-state index in [9.17, 15) is 0 Å². The summed E-state index contributed by atoms with van der Waals surface area (Å²) in [6.45, 7) is 7.72. The molecule has 1 aliphatic carbocycles. The first-order valence-electron chi connectivity index (χ1n) is 7.35. The molecule has 1 fully saturated rings. The van der Waals surface area contributed by atoms with Crippen LogP contribution in [0.5, 0.6) is 0 Å². The molecule has 0 radical (unpaired) electrons. The van der Waals surface area contributed by atoms with Crippen molar-refractivity contribution in [3.8, 4) is 0 Å². The minimum atomic E-state index is 0.0464. The first kappa shape index (κ1) is 13.4. The third-order valence-electron chi connectivity index (χ3n) is 4.19. The van der Waals surface area contributed by atoms with Gasteiger partial charge < -0.3 is 4.84 Å². The highest BCUT2D eigenvalue weighted by molar-refractivity contribution is 5.88. The van der Waals surface area contributed by atoms with Gasteiger partial charge in [0, 0.05) is 12.3 Å². The Kier molecular flexibility index (Phi) is 5.03. The van der Waals surface area contributed by atoms with E-state index in [1.54, 1.807) is 6.08 Å². The second kappa shape index (κ2) is 6.77. The van der Waals surface area contributed by atoms with Crippen LogP contribution in [0.25, 0.3) is 0 Å². The summed E-state index contributed by atoms with van der Waals surface area (Å²) in [5, 5.41) is 4.32. The van der Waals surface area contributed by atoms with E-state index in [-0.39, 0.29) is 6.10 Å². The van der Waals surface area contributed by atoms with Crippen LogP contribution in [0.2, 0.25) is 0 Å². The molecule has 1 aliphatic heterocycles. The monoisotopic (exact) mass is 247 g/mol. The van der Waals surface area contributed by atoms with E-state index in [0.29, 0.717) is 5.92 Å². The molecule has 0 aromatic carbocycles. The van der Waals surface area contributed by atoms with Crippen LogP contribution in [0.4, 0.5) is 0 Å². The van der Waals surface area contributed by atoms with E-state index in [1.165, 1.54) is 57.1 Å². The van der Waals surface area contributed by atoms with Crippen molar-refractivity contribution < 1.29 is 4.84 Å². The maximum Gasteiger partial charge on any atom is 0.157 e. The van der Waals surface area contributed by atoms with Crippen LogP contribution in [0.15, 0.2) is 30.0 Å². The SMILES string of the molecule is C=CC(=C)C1CC(C2CCCCCCCC2)=NO1. The van der Waals surface area contributed by atoms with E-state index in [4.69, 9.17) is 4.84 Å². The molecule has 0 spiro atoms. The number of oxime groups is 1. The lowest BCUT2D eigenvalue weighted by Gasteiger charge is -2.15. The minimum absolute atomic E-state index is 0.0464. The Morgan fingerprint density at radius 3 is 2.33 bits per heavy atom. The van der Waals surface area contributed by atoms with Gasteiger partial charge in [-0.2, -0.15) is 0 Å². The Hall–Kier alpha value is -1.05. The number of hydrogen-bond donors (Lipinski definition) is 0. The molecule has 0 N–H and O–H groups in total. The third kappa shape index (κ3) is 3.47. The van der Waals surface area contributed by atoms with Crippen molar-refractivity contribution in [2.45, 2.75) is 63.9 Å². The van der Waals surface area contributed by atoms with Crippen molar-refractivity contribution in [2.24, 2.45) is 11.1 Å². The van der Waals surface area contributed by atoms with E-state index in [0.717, 1.165) is 12.0 Å². The van der Waals surface area contributed by atoms with Crippen LogP contribution < -0.4 is 0 Å². The van der Waals surface area contributed by atoms with Crippen LogP contribution in [0.1, 0.15) is 57.8 Å². The third-order valence-corrected chi connectivity index (χ3v) is 4.19. The molecule has 0 aromatic heterocycles. The number of rotatable bonds is 3. The van der Waals surface area contributed by atoms with Crippen molar-refractivity contribution >= 4 is 5.71 Å². The highest BCUT2D eigenvalue weighted by Gasteiger charge is 2.27. The lowest BCUT2D eigenvalue weighted by atomic mass is 9.89. The van der Waals surface area contributed by atoms with Crippen LogP contribution in [-0.2, 0) is 4.84 Å². The minimum Gasteiger partial charge on any atom is -0.387 e. The molecule has 100 valence electrons. The van der Waals surface area contributed by atoms with Gasteiger partial charge in [-0.05, 0) is 18.4 Å². The zero-order chi connectivity index (χ0) is 12.8. The summed E-state index contributed by atoms with van der Waals surface area (Å²) in [5.74, 6) is 0.644. The van der Waals surface area contributed by atoms with Crippen molar-refractivity contribution in [2.75, 3.05) is 0 Å². The van der Waals surface area contributed by atoms with Crippen LogP contribution in [0.3, 0.4) is 0 Å². The van der Waals surface area contributed by atoms with Gasteiger partial charge in [-0.15, -0.1) is 0 Å². The predicted octanol–water partition coefficient (Wildman–Crippen LogP) is 4.62. The van der Waals surface area contributed by atoms with Gasteiger partial charge in [-0.3, -0.25) is 0 Å². The summed E-state index contributed by atoms with van der Waals surface area (Å²) >= 11 is 0. The summed E-state index contributed by atoms with van der Waals surface area (Å²) in [4.78, 5) is 5.49. The zero-order valence-corrected chi connectivity index (χ0v) is 11.4. The molecule has 2 nitrogen and oxygen atoms in total. The maximum absolute atomic E-state index is 5.49. The molecule has 18 heavy (non-hydrogen) atoms. The van der Waals surface area contributed by atoms with Gasteiger partial charge in [-0.1, -0.05) is 62.9 Å². The maximum atomic E-state index is 5.49. The zero-order valence-electron chi connectivity index (χ0n) is 11.4. The molecule has 0 amide bonds. The van der Waals surface area contributed by atoms with Gasteiger partial charge in [0.25, 0.3) is 0 Å². The highest BCUT2D eigenvalue weighted by atomic mass is 16.6. The van der Waals surface area contributed by atoms with Crippen LogP contribution in [-0.4, -0.2) is 11.8 Å². The topological polar surface area (TPSA) is 21.6 Å². The van der Waals surface area contributed by atoms with Crippen molar-refractivity contribution in [1.82, 2.24) is 0 Å². The second-order valence-electron chi connectivity index (χ2n) is 5.56. The molecule has 1 unspecified atom stereocenters. The predicted molar refractivity (Wildman–Crippen MR) is 76.7 cm³/mol. The quantitative estimate of drug-likeness (QED) is 0.667. The molecule has 2 rings (SSSR count). The molecule has 1 heterocycles. The van der Waals surface area contributed by atoms with Gasteiger partial charge in [0.1, 0.15) is 0 Å². The fourth-order valence-electron chi connectivity index (χ4n) is 2.93. The summed E-state index contributed by atoms with van der Waals surface area (Å²) < 4.78 is 0. The molecular formula is C16H25NO. The average Bonchev–Trinajstić information content (AvgIpc) is 2.91. The molecule has 0 bridgehead atoms. The molecule has 0 aromatic rings. The van der Waals surface area contributed by atoms with Gasteiger partial charge in [0.15, 0.2) is 6.10 Å². The largest absolute Gasteiger partial charge is 0.387 e. The Morgan fingerprint density at radius 1 is 1.11 bits per heavy atom. The van der Waals surface area contributed by atoms with Gasteiger partial charge >= 0.3 is 0 Å². The number of hydrogen-bond acceptors (Lipinski definition) is 2. The molecule has 2 aliphatic rings.